The SMILES string of the molecule is CN(C(=O)c1cccc(Br)c1Cl)C1CCCNCC1. The first-order chi connectivity index (χ1) is 9.11. The predicted octanol–water partition coefficient (Wildman–Crippen LogP) is 3.32. The Balaban J connectivity index is 2.15. The smallest absolute Gasteiger partial charge is 0.255 e. The van der Waals surface area contributed by atoms with Crippen molar-refractivity contribution < 1.29 is 4.79 Å². The van der Waals surface area contributed by atoms with E-state index in [1.807, 2.05) is 24.1 Å². The molecule has 1 heterocycles. The Bertz CT molecular complexity index is 459. The molecular formula is C14H18BrClN2O. The third-order valence-corrected chi connectivity index (χ3v) is 4.89. The van der Waals surface area contributed by atoms with Crippen molar-refractivity contribution >= 4 is 33.4 Å². The summed E-state index contributed by atoms with van der Waals surface area (Å²) in [6, 6.07) is 5.75. The monoisotopic (exact) mass is 344 g/mol. The van der Waals surface area contributed by atoms with Gasteiger partial charge in [0.05, 0.1) is 10.6 Å². The highest BCUT2D eigenvalue weighted by atomic mass is 79.9. The molecule has 1 N–H and O–H groups in total. The number of hydrogen-bond acceptors (Lipinski definition) is 2. The van der Waals surface area contributed by atoms with Gasteiger partial charge < -0.3 is 10.2 Å². The van der Waals surface area contributed by atoms with Crippen molar-refractivity contribution in [2.45, 2.75) is 25.3 Å². The summed E-state index contributed by atoms with van der Waals surface area (Å²) in [6.45, 7) is 2.00. The van der Waals surface area contributed by atoms with Crippen molar-refractivity contribution in [3.63, 3.8) is 0 Å². The molecule has 3 nitrogen and oxygen atoms in total. The lowest BCUT2D eigenvalue weighted by atomic mass is 10.1. The number of rotatable bonds is 2. The van der Waals surface area contributed by atoms with Crippen LogP contribution in [0.5, 0.6) is 0 Å². The molecule has 0 aliphatic carbocycles. The highest BCUT2D eigenvalue weighted by Crippen LogP contribution is 2.27. The van der Waals surface area contributed by atoms with Crippen molar-refractivity contribution in [3.8, 4) is 0 Å². The molecule has 2 rings (SSSR count). The molecule has 0 saturated carbocycles. The molecular weight excluding hydrogens is 328 g/mol. The minimum absolute atomic E-state index is 0.00167. The van der Waals surface area contributed by atoms with Gasteiger partial charge in [0.2, 0.25) is 0 Å². The van der Waals surface area contributed by atoms with E-state index in [-0.39, 0.29) is 11.9 Å². The highest BCUT2D eigenvalue weighted by Gasteiger charge is 2.23. The largest absolute Gasteiger partial charge is 0.339 e. The molecule has 1 aliphatic heterocycles. The van der Waals surface area contributed by atoms with Gasteiger partial charge in [-0.2, -0.15) is 0 Å². The number of benzene rings is 1. The number of nitrogens with one attached hydrogen (secondary N) is 1. The summed E-state index contributed by atoms with van der Waals surface area (Å²) in [6.07, 6.45) is 3.14. The van der Waals surface area contributed by atoms with E-state index in [9.17, 15) is 4.79 Å². The van der Waals surface area contributed by atoms with Crippen LogP contribution in [0.3, 0.4) is 0 Å². The normalized spacial score (nSPS) is 19.8. The fourth-order valence-corrected chi connectivity index (χ4v) is 2.99. The lowest BCUT2D eigenvalue weighted by molar-refractivity contribution is 0.0720. The minimum Gasteiger partial charge on any atom is -0.339 e. The standard InChI is InChI=1S/C14H18BrClN2O/c1-18(10-4-3-8-17-9-7-10)14(19)11-5-2-6-12(15)13(11)16/h2,5-6,10,17H,3-4,7-9H2,1H3. The van der Waals surface area contributed by atoms with E-state index in [1.54, 1.807) is 6.07 Å². The lowest BCUT2D eigenvalue weighted by Gasteiger charge is -2.27. The van der Waals surface area contributed by atoms with E-state index in [0.29, 0.717) is 10.6 Å². The van der Waals surface area contributed by atoms with Gasteiger partial charge in [-0.15, -0.1) is 0 Å². The number of hydrogen-bond donors (Lipinski definition) is 1. The quantitative estimate of drug-likeness (QED) is 0.892. The molecule has 1 atom stereocenters. The maximum absolute atomic E-state index is 12.5. The van der Waals surface area contributed by atoms with Crippen LogP contribution in [-0.4, -0.2) is 37.0 Å². The molecule has 104 valence electrons. The third kappa shape index (κ3) is 3.50. The molecule has 1 amide bonds. The molecule has 0 spiro atoms. The number of carbonyl (C=O) groups excluding carboxylic acids is 1. The Morgan fingerprint density at radius 1 is 1.42 bits per heavy atom. The van der Waals surface area contributed by atoms with Crippen molar-refractivity contribution in [2.75, 3.05) is 20.1 Å². The second-order valence-electron chi connectivity index (χ2n) is 4.85. The van der Waals surface area contributed by atoms with E-state index in [1.165, 1.54) is 0 Å². The Hall–Kier alpha value is -0.580. The average molecular weight is 346 g/mol. The number of halogens is 2. The number of nitrogens with zero attached hydrogens (tertiary/aromatic N) is 1. The lowest BCUT2D eigenvalue weighted by Crippen LogP contribution is -2.37. The third-order valence-electron chi connectivity index (χ3n) is 3.60. The number of amides is 1. The summed E-state index contributed by atoms with van der Waals surface area (Å²) >= 11 is 9.56. The van der Waals surface area contributed by atoms with E-state index >= 15 is 0 Å². The van der Waals surface area contributed by atoms with E-state index in [2.05, 4.69) is 21.2 Å². The van der Waals surface area contributed by atoms with Gasteiger partial charge >= 0.3 is 0 Å². The second-order valence-corrected chi connectivity index (χ2v) is 6.08. The van der Waals surface area contributed by atoms with Crippen molar-refractivity contribution in [1.29, 1.82) is 0 Å². The van der Waals surface area contributed by atoms with Gasteiger partial charge in [0, 0.05) is 17.6 Å². The zero-order valence-electron chi connectivity index (χ0n) is 11.0. The van der Waals surface area contributed by atoms with Crippen LogP contribution in [0, 0.1) is 0 Å². The number of carbonyl (C=O) groups is 1. The summed E-state index contributed by atoms with van der Waals surface area (Å²) in [4.78, 5) is 14.4. The molecule has 1 aliphatic rings. The summed E-state index contributed by atoms with van der Waals surface area (Å²) in [5.74, 6) is -0.00167. The van der Waals surface area contributed by atoms with Crippen LogP contribution in [0.4, 0.5) is 0 Å². The van der Waals surface area contributed by atoms with Crippen LogP contribution in [0.15, 0.2) is 22.7 Å². The molecule has 0 bridgehead atoms. The first-order valence-electron chi connectivity index (χ1n) is 6.53. The maximum atomic E-state index is 12.5. The zero-order chi connectivity index (χ0) is 13.8. The van der Waals surface area contributed by atoms with Crippen LogP contribution in [0.1, 0.15) is 29.6 Å². The van der Waals surface area contributed by atoms with Crippen LogP contribution in [0.2, 0.25) is 5.02 Å². The highest BCUT2D eigenvalue weighted by molar-refractivity contribution is 9.10. The molecule has 1 aromatic rings. The maximum Gasteiger partial charge on any atom is 0.255 e. The second kappa shape index (κ2) is 6.73. The first kappa shape index (κ1) is 14.8. The molecule has 0 aromatic heterocycles. The van der Waals surface area contributed by atoms with E-state index in [0.717, 1.165) is 36.8 Å². The molecule has 1 fully saturated rings. The van der Waals surface area contributed by atoms with Crippen LogP contribution in [-0.2, 0) is 0 Å². The Kier molecular flexibility index (Phi) is 5.25. The fraction of sp³-hybridized carbons (Fsp3) is 0.500. The molecule has 0 radical (unpaired) electrons. The first-order valence-corrected chi connectivity index (χ1v) is 7.70. The average Bonchev–Trinajstić information content (AvgIpc) is 2.69. The Labute approximate surface area is 127 Å². The Morgan fingerprint density at radius 3 is 3.00 bits per heavy atom. The summed E-state index contributed by atoms with van der Waals surface area (Å²) < 4.78 is 0.760. The molecule has 1 unspecified atom stereocenters. The topological polar surface area (TPSA) is 32.3 Å². The van der Waals surface area contributed by atoms with Crippen LogP contribution in [0.25, 0.3) is 0 Å². The zero-order valence-corrected chi connectivity index (χ0v) is 13.3. The summed E-state index contributed by atoms with van der Waals surface area (Å²) in [5, 5.41) is 3.85. The van der Waals surface area contributed by atoms with Gasteiger partial charge in [0.1, 0.15) is 0 Å². The van der Waals surface area contributed by atoms with Gasteiger partial charge in [-0.3, -0.25) is 4.79 Å². The Morgan fingerprint density at radius 2 is 2.21 bits per heavy atom. The molecule has 1 aromatic carbocycles. The van der Waals surface area contributed by atoms with Gasteiger partial charge in [-0.1, -0.05) is 17.7 Å². The summed E-state index contributed by atoms with van der Waals surface area (Å²) in [5.41, 5.74) is 0.566. The predicted molar refractivity (Wildman–Crippen MR) is 81.8 cm³/mol. The molecule has 5 heteroatoms. The van der Waals surface area contributed by atoms with Gasteiger partial charge in [-0.05, 0) is 60.4 Å². The molecule has 1 saturated heterocycles. The molecule has 19 heavy (non-hydrogen) atoms. The van der Waals surface area contributed by atoms with Gasteiger partial charge in [0.25, 0.3) is 5.91 Å². The van der Waals surface area contributed by atoms with Crippen molar-refractivity contribution in [1.82, 2.24) is 10.2 Å². The fourth-order valence-electron chi connectivity index (χ4n) is 2.41. The van der Waals surface area contributed by atoms with Gasteiger partial charge in [-0.25, -0.2) is 0 Å². The van der Waals surface area contributed by atoms with E-state index < -0.39 is 0 Å². The van der Waals surface area contributed by atoms with Crippen LogP contribution >= 0.6 is 27.5 Å². The van der Waals surface area contributed by atoms with E-state index in [4.69, 9.17) is 11.6 Å². The van der Waals surface area contributed by atoms with Crippen molar-refractivity contribution in [3.05, 3.63) is 33.3 Å². The van der Waals surface area contributed by atoms with Gasteiger partial charge in [0.15, 0.2) is 0 Å². The van der Waals surface area contributed by atoms with Crippen LogP contribution < -0.4 is 5.32 Å². The van der Waals surface area contributed by atoms with Crippen molar-refractivity contribution in [2.24, 2.45) is 0 Å². The minimum atomic E-state index is -0.00167. The summed E-state index contributed by atoms with van der Waals surface area (Å²) in [7, 11) is 1.87.